The van der Waals surface area contributed by atoms with Crippen molar-refractivity contribution in [3.8, 4) is 0 Å². The van der Waals surface area contributed by atoms with Crippen molar-refractivity contribution in [2.45, 2.75) is 65.5 Å². The highest BCUT2D eigenvalue weighted by molar-refractivity contribution is 5.70. The fraction of sp³-hybridized carbons (Fsp3) is 0.917. The number of esters is 1. The molecular weight excluding hydrogens is 190 g/mol. The Morgan fingerprint density at radius 1 is 1.40 bits per heavy atom. The van der Waals surface area contributed by atoms with E-state index in [1.165, 1.54) is 6.42 Å². The van der Waals surface area contributed by atoms with E-state index in [-0.39, 0.29) is 11.6 Å². The summed E-state index contributed by atoms with van der Waals surface area (Å²) in [5.74, 6) is -0.126. The number of carbonyl (C=O) groups is 1. The van der Waals surface area contributed by atoms with Gasteiger partial charge in [-0.2, -0.15) is 0 Å². The lowest BCUT2D eigenvalue weighted by molar-refractivity contribution is -0.154. The Balaban J connectivity index is 3.55. The van der Waals surface area contributed by atoms with E-state index >= 15 is 0 Å². The van der Waals surface area contributed by atoms with E-state index in [9.17, 15) is 4.79 Å². The molecule has 0 aliphatic rings. The van der Waals surface area contributed by atoms with Gasteiger partial charge in [0.25, 0.3) is 0 Å². The molecule has 1 atom stereocenters. The minimum atomic E-state index is -0.369. The quantitative estimate of drug-likeness (QED) is 0.692. The third-order valence-electron chi connectivity index (χ3n) is 1.96. The molecular formula is C12H25NO2. The maximum atomic E-state index is 11.3. The predicted octanol–water partition coefficient (Wildman–Crippen LogP) is 2.50. The minimum absolute atomic E-state index is 0.126. The second-order valence-electron chi connectivity index (χ2n) is 4.98. The highest BCUT2D eigenvalue weighted by Gasteiger charge is 2.15. The van der Waals surface area contributed by atoms with Crippen LogP contribution in [-0.4, -0.2) is 24.2 Å². The molecule has 0 aliphatic carbocycles. The van der Waals surface area contributed by atoms with Crippen LogP contribution < -0.4 is 5.32 Å². The fourth-order valence-corrected chi connectivity index (χ4v) is 1.35. The first-order chi connectivity index (χ1) is 6.85. The van der Waals surface area contributed by atoms with Gasteiger partial charge in [0.05, 0.1) is 6.42 Å². The Labute approximate surface area is 93.6 Å². The lowest BCUT2D eigenvalue weighted by Crippen LogP contribution is -2.30. The summed E-state index contributed by atoms with van der Waals surface area (Å²) in [6.07, 6.45) is 2.76. The zero-order valence-corrected chi connectivity index (χ0v) is 10.7. The fourth-order valence-electron chi connectivity index (χ4n) is 1.35. The van der Waals surface area contributed by atoms with Crippen LogP contribution in [-0.2, 0) is 9.53 Å². The molecule has 0 bridgehead atoms. The van der Waals surface area contributed by atoms with Crippen molar-refractivity contribution < 1.29 is 9.53 Å². The second kappa shape index (κ2) is 6.83. The third kappa shape index (κ3) is 9.73. The average Bonchev–Trinajstić information content (AvgIpc) is 2.00. The van der Waals surface area contributed by atoms with E-state index in [2.05, 4.69) is 19.2 Å². The van der Waals surface area contributed by atoms with Crippen molar-refractivity contribution in [2.24, 2.45) is 0 Å². The van der Waals surface area contributed by atoms with Gasteiger partial charge in [-0.25, -0.2) is 0 Å². The Kier molecular flexibility index (Phi) is 6.57. The summed E-state index contributed by atoms with van der Waals surface area (Å²) in [6, 6.07) is 0.484. The molecule has 0 fully saturated rings. The monoisotopic (exact) mass is 215 g/mol. The van der Waals surface area contributed by atoms with Gasteiger partial charge in [0, 0.05) is 12.6 Å². The summed E-state index contributed by atoms with van der Waals surface area (Å²) in [6.45, 7) is 10.7. The van der Waals surface area contributed by atoms with Crippen molar-refractivity contribution in [2.75, 3.05) is 6.54 Å². The molecule has 0 heterocycles. The lowest BCUT2D eigenvalue weighted by atomic mass is 10.2. The van der Waals surface area contributed by atoms with Crippen LogP contribution in [0.2, 0.25) is 0 Å². The van der Waals surface area contributed by atoms with E-state index in [1.807, 2.05) is 20.8 Å². The second-order valence-corrected chi connectivity index (χ2v) is 4.98. The molecule has 3 nitrogen and oxygen atoms in total. The summed E-state index contributed by atoms with van der Waals surface area (Å²) in [4.78, 5) is 11.3. The van der Waals surface area contributed by atoms with Gasteiger partial charge >= 0.3 is 5.97 Å². The molecule has 90 valence electrons. The van der Waals surface area contributed by atoms with Gasteiger partial charge in [-0.05, 0) is 34.1 Å². The lowest BCUT2D eigenvalue weighted by Gasteiger charge is -2.20. The van der Waals surface area contributed by atoms with Crippen molar-refractivity contribution in [1.82, 2.24) is 5.32 Å². The molecule has 0 amide bonds. The van der Waals surface area contributed by atoms with Gasteiger partial charge in [0.15, 0.2) is 0 Å². The van der Waals surface area contributed by atoms with Crippen LogP contribution in [0, 0.1) is 0 Å². The number of rotatable bonds is 6. The molecule has 0 saturated carbocycles. The first-order valence-electron chi connectivity index (χ1n) is 5.80. The first-order valence-corrected chi connectivity index (χ1v) is 5.80. The van der Waals surface area contributed by atoms with Crippen LogP contribution in [0.5, 0.6) is 0 Å². The van der Waals surface area contributed by atoms with Crippen molar-refractivity contribution in [1.29, 1.82) is 0 Å². The zero-order valence-electron chi connectivity index (χ0n) is 10.7. The number of nitrogens with one attached hydrogen (secondary N) is 1. The molecule has 0 aromatic carbocycles. The number of hydrogen-bond donors (Lipinski definition) is 1. The minimum Gasteiger partial charge on any atom is -0.460 e. The van der Waals surface area contributed by atoms with E-state index in [1.54, 1.807) is 0 Å². The van der Waals surface area contributed by atoms with Crippen LogP contribution in [0.25, 0.3) is 0 Å². The maximum absolute atomic E-state index is 11.3. The smallest absolute Gasteiger partial charge is 0.307 e. The van der Waals surface area contributed by atoms with E-state index < -0.39 is 0 Å². The summed E-state index contributed by atoms with van der Waals surface area (Å²) in [7, 11) is 0. The Bertz CT molecular complexity index is 185. The third-order valence-corrected chi connectivity index (χ3v) is 1.96. The molecule has 0 aliphatic heterocycles. The summed E-state index contributed by atoms with van der Waals surface area (Å²) in [5, 5.41) is 3.30. The Morgan fingerprint density at radius 3 is 2.47 bits per heavy atom. The van der Waals surface area contributed by atoms with Crippen molar-refractivity contribution in [3.05, 3.63) is 0 Å². The van der Waals surface area contributed by atoms with Gasteiger partial charge in [0.1, 0.15) is 5.60 Å². The summed E-state index contributed by atoms with van der Waals surface area (Å²) in [5.41, 5.74) is -0.369. The molecule has 0 radical (unpaired) electrons. The molecule has 0 spiro atoms. The van der Waals surface area contributed by atoms with Gasteiger partial charge in [0.2, 0.25) is 0 Å². The summed E-state index contributed by atoms with van der Waals surface area (Å²) < 4.78 is 5.20. The zero-order chi connectivity index (χ0) is 11.9. The van der Waals surface area contributed by atoms with E-state index in [4.69, 9.17) is 4.74 Å². The van der Waals surface area contributed by atoms with E-state index in [0.717, 1.165) is 6.42 Å². The van der Waals surface area contributed by atoms with Crippen molar-refractivity contribution in [3.63, 3.8) is 0 Å². The highest BCUT2D eigenvalue weighted by atomic mass is 16.6. The van der Waals surface area contributed by atoms with Crippen LogP contribution in [0.3, 0.4) is 0 Å². The number of ether oxygens (including phenoxy) is 1. The first kappa shape index (κ1) is 14.4. The molecule has 0 aromatic heterocycles. The van der Waals surface area contributed by atoms with Crippen LogP contribution in [0.1, 0.15) is 53.9 Å². The SMILES string of the molecule is CCC[C@@H](C)NCCC(=O)OC(C)(C)C. The standard InChI is InChI=1S/C12H25NO2/c1-6-7-10(2)13-9-8-11(14)15-12(3,4)5/h10,13H,6-9H2,1-5H3/t10-/m1/s1. The average molecular weight is 215 g/mol. The van der Waals surface area contributed by atoms with E-state index in [0.29, 0.717) is 19.0 Å². The molecule has 15 heavy (non-hydrogen) atoms. The predicted molar refractivity (Wildman–Crippen MR) is 62.8 cm³/mol. The van der Waals surface area contributed by atoms with Gasteiger partial charge in [-0.15, -0.1) is 0 Å². The molecule has 1 N–H and O–H groups in total. The van der Waals surface area contributed by atoms with Crippen LogP contribution in [0.4, 0.5) is 0 Å². The van der Waals surface area contributed by atoms with Gasteiger partial charge in [-0.3, -0.25) is 4.79 Å². The molecule has 0 rings (SSSR count). The van der Waals surface area contributed by atoms with Gasteiger partial charge in [-0.1, -0.05) is 13.3 Å². The number of carbonyl (C=O) groups excluding carboxylic acids is 1. The summed E-state index contributed by atoms with van der Waals surface area (Å²) >= 11 is 0. The molecule has 0 unspecified atom stereocenters. The Hall–Kier alpha value is -0.570. The van der Waals surface area contributed by atoms with Crippen LogP contribution in [0.15, 0.2) is 0 Å². The van der Waals surface area contributed by atoms with Crippen molar-refractivity contribution >= 4 is 5.97 Å². The molecule has 3 heteroatoms. The molecule has 0 saturated heterocycles. The van der Waals surface area contributed by atoms with Crippen LogP contribution >= 0.6 is 0 Å². The highest BCUT2D eigenvalue weighted by Crippen LogP contribution is 2.07. The Morgan fingerprint density at radius 2 is 2.00 bits per heavy atom. The largest absolute Gasteiger partial charge is 0.460 e. The maximum Gasteiger partial charge on any atom is 0.307 e. The van der Waals surface area contributed by atoms with Gasteiger partial charge < -0.3 is 10.1 Å². The topological polar surface area (TPSA) is 38.3 Å². The normalized spacial score (nSPS) is 13.7. The number of hydrogen-bond acceptors (Lipinski definition) is 3. The molecule has 0 aromatic rings.